The summed E-state index contributed by atoms with van der Waals surface area (Å²) >= 11 is 3.69. The van der Waals surface area contributed by atoms with Gasteiger partial charge >= 0.3 is 0 Å². The number of benzene rings is 16. The molecule has 0 atom stereocenters. The average Bonchev–Trinajstić information content (AvgIpc) is 1.17. The van der Waals surface area contributed by atoms with E-state index in [0.29, 0.717) is 11.6 Å². The molecular weight excluding hydrogens is 1270 g/mol. The third kappa shape index (κ3) is 10.5. The third-order valence-corrected chi connectivity index (χ3v) is 22.5. The largest absolute Gasteiger partial charge is 0.227 e. The van der Waals surface area contributed by atoms with E-state index in [1.165, 1.54) is 57.0 Å². The highest BCUT2D eigenvalue weighted by molar-refractivity contribution is 7.26. The molecule has 0 radical (unpaired) electrons. The van der Waals surface area contributed by atoms with Crippen LogP contribution in [-0.4, -0.2) is 19.9 Å². The minimum Gasteiger partial charge on any atom is -0.227 e. The van der Waals surface area contributed by atoms with E-state index >= 15 is 0 Å². The van der Waals surface area contributed by atoms with Crippen LogP contribution in [0.5, 0.6) is 0 Å². The fraction of sp³-hybridized carbons (Fsp3) is 0. The Kier molecular flexibility index (Phi) is 14.3. The van der Waals surface area contributed by atoms with Crippen molar-refractivity contribution in [2.75, 3.05) is 0 Å². The molecule has 20 aromatic rings. The molecule has 0 fully saturated rings. The van der Waals surface area contributed by atoms with Crippen LogP contribution in [-0.2, 0) is 0 Å². The first-order valence-electron chi connectivity index (χ1n) is 34.5. The standard InChI is InChI=1S/C96H58N4S2/c1-6-20-59(21-7-1)72-50-73(60-22-8-2-9-23-60)53-76(52-72)95-97-90(85-46-36-64-30-16-17-33-78(64)92(85)99-95)70-40-44-82-81-43-38-68(56-87(81)101-88(82)57-70)66-32-18-31-65(48-66)67-37-42-79-69(49-67)39-47-86-91(71-41-45-83-84-35-19-34-80(63-28-14-5-15-29-63)94(84)102-89(83)58-71)98-96(100-93(79)86)77-54-74(61-24-10-3-11-25-61)51-75(55-77)62-26-12-4-13-27-62/h1-58H. The second-order valence-corrected chi connectivity index (χ2v) is 28.5. The van der Waals surface area contributed by atoms with Crippen LogP contribution >= 0.6 is 22.7 Å². The predicted molar refractivity (Wildman–Crippen MR) is 433 cm³/mol. The first kappa shape index (κ1) is 59.2. The highest BCUT2D eigenvalue weighted by Crippen LogP contribution is 2.46. The van der Waals surface area contributed by atoms with Crippen molar-refractivity contribution in [2.45, 2.75) is 0 Å². The van der Waals surface area contributed by atoms with Crippen LogP contribution in [0.2, 0.25) is 0 Å². The number of rotatable bonds is 11. The van der Waals surface area contributed by atoms with Gasteiger partial charge in [0.05, 0.1) is 22.4 Å². The molecule has 6 heteroatoms. The Morgan fingerprint density at radius 2 is 0.520 bits per heavy atom. The predicted octanol–water partition coefficient (Wildman–Crippen LogP) is 27.0. The summed E-state index contributed by atoms with van der Waals surface area (Å²) in [4.78, 5) is 22.3. The van der Waals surface area contributed by atoms with Crippen molar-refractivity contribution >= 4 is 106 Å². The van der Waals surface area contributed by atoms with Crippen LogP contribution in [0.15, 0.2) is 352 Å². The van der Waals surface area contributed by atoms with Crippen molar-refractivity contribution in [3.63, 3.8) is 0 Å². The number of fused-ring (bicyclic) bond motifs is 12. The van der Waals surface area contributed by atoms with Crippen molar-refractivity contribution in [3.05, 3.63) is 352 Å². The van der Waals surface area contributed by atoms with Gasteiger partial charge in [-0.3, -0.25) is 0 Å². The number of hydrogen-bond donors (Lipinski definition) is 0. The minimum atomic E-state index is 0.678. The van der Waals surface area contributed by atoms with Crippen LogP contribution in [0.4, 0.5) is 0 Å². The molecule has 0 N–H and O–H groups in total. The number of hydrogen-bond acceptors (Lipinski definition) is 6. The Morgan fingerprint density at radius 3 is 1.04 bits per heavy atom. The molecule has 0 bridgehead atoms. The second-order valence-electron chi connectivity index (χ2n) is 26.4. The molecule has 0 amide bonds. The maximum absolute atomic E-state index is 5.63. The van der Waals surface area contributed by atoms with Crippen LogP contribution in [0.25, 0.3) is 207 Å². The van der Waals surface area contributed by atoms with Crippen molar-refractivity contribution in [2.24, 2.45) is 0 Å². The van der Waals surface area contributed by atoms with Gasteiger partial charge in [0.1, 0.15) is 0 Å². The van der Waals surface area contributed by atoms with E-state index in [2.05, 4.69) is 352 Å². The van der Waals surface area contributed by atoms with Crippen LogP contribution < -0.4 is 0 Å². The van der Waals surface area contributed by atoms with E-state index < -0.39 is 0 Å². The molecule has 4 heterocycles. The van der Waals surface area contributed by atoms with E-state index in [1.54, 1.807) is 0 Å². The Balaban J connectivity index is 0.678. The molecule has 474 valence electrons. The van der Waals surface area contributed by atoms with E-state index in [4.69, 9.17) is 19.9 Å². The molecule has 0 aliphatic heterocycles. The summed E-state index contributed by atoms with van der Waals surface area (Å²) in [6.07, 6.45) is 0. The van der Waals surface area contributed by atoms with Gasteiger partial charge in [-0.05, 0) is 168 Å². The third-order valence-electron chi connectivity index (χ3n) is 20.2. The summed E-state index contributed by atoms with van der Waals surface area (Å²) in [6, 6.07) is 127. The molecule has 0 aliphatic carbocycles. The van der Waals surface area contributed by atoms with Gasteiger partial charge in [-0.1, -0.05) is 273 Å². The van der Waals surface area contributed by atoms with Gasteiger partial charge in [-0.15, -0.1) is 22.7 Å². The summed E-state index contributed by atoms with van der Waals surface area (Å²) in [5, 5.41) is 11.4. The zero-order valence-electron chi connectivity index (χ0n) is 55.1. The molecule has 0 saturated heterocycles. The zero-order chi connectivity index (χ0) is 67.2. The molecule has 0 spiro atoms. The number of thiophene rings is 2. The second kappa shape index (κ2) is 24.6. The molecule has 102 heavy (non-hydrogen) atoms. The van der Waals surface area contributed by atoms with Gasteiger partial charge in [0.25, 0.3) is 0 Å². The quantitative estimate of drug-likeness (QED) is 0.121. The Morgan fingerprint density at radius 1 is 0.176 bits per heavy atom. The lowest BCUT2D eigenvalue weighted by Crippen LogP contribution is -1.97. The van der Waals surface area contributed by atoms with Crippen molar-refractivity contribution in [3.8, 4) is 123 Å². The molecule has 20 rings (SSSR count). The number of aromatic nitrogens is 4. The fourth-order valence-corrected chi connectivity index (χ4v) is 17.6. The highest BCUT2D eigenvalue weighted by atomic mass is 32.1. The molecule has 0 aliphatic rings. The lowest BCUT2D eigenvalue weighted by atomic mass is 9.94. The summed E-state index contributed by atoms with van der Waals surface area (Å²) in [6.45, 7) is 0. The first-order valence-corrected chi connectivity index (χ1v) is 36.2. The normalized spacial score (nSPS) is 11.7. The topological polar surface area (TPSA) is 51.6 Å². The summed E-state index contributed by atoms with van der Waals surface area (Å²) in [5.74, 6) is 1.37. The van der Waals surface area contributed by atoms with Crippen molar-refractivity contribution < 1.29 is 0 Å². The van der Waals surface area contributed by atoms with Crippen LogP contribution in [0.1, 0.15) is 0 Å². The molecule has 4 aromatic heterocycles. The summed E-state index contributed by atoms with van der Waals surface area (Å²) < 4.78 is 4.95. The maximum Gasteiger partial charge on any atom is 0.160 e. The lowest BCUT2D eigenvalue weighted by Gasteiger charge is -2.14. The average molecular weight is 1330 g/mol. The van der Waals surface area contributed by atoms with Crippen molar-refractivity contribution in [1.29, 1.82) is 0 Å². The Hall–Kier alpha value is -12.8. The lowest BCUT2D eigenvalue weighted by molar-refractivity contribution is 1.23. The Labute approximate surface area is 597 Å². The number of nitrogens with zero attached hydrogens (tertiary/aromatic N) is 4. The molecule has 4 nitrogen and oxygen atoms in total. The van der Waals surface area contributed by atoms with E-state index in [9.17, 15) is 0 Å². The molecular formula is C96H58N4S2. The molecule has 0 saturated carbocycles. The van der Waals surface area contributed by atoms with Gasteiger partial charge in [0, 0.05) is 84.1 Å². The highest BCUT2D eigenvalue weighted by Gasteiger charge is 2.22. The van der Waals surface area contributed by atoms with Gasteiger partial charge in [0.15, 0.2) is 11.6 Å². The van der Waals surface area contributed by atoms with E-state index in [1.807, 2.05) is 22.7 Å². The van der Waals surface area contributed by atoms with Gasteiger partial charge in [-0.2, -0.15) is 0 Å². The maximum atomic E-state index is 5.63. The van der Waals surface area contributed by atoms with Crippen LogP contribution in [0, 0.1) is 0 Å². The SMILES string of the molecule is c1ccc(-c2cc(-c3ccccc3)cc(-c3nc(-c4ccc5c(c4)sc4cc(-c6cccc(-c7ccc8c(ccc9c(-c%10ccc%11c(c%10)sc%10c(-c%12ccccc%12)cccc%10%11)nc(-c%10cc(-c%11ccccc%11)cc(-c%11ccccc%11)c%10)nc98)c7)c6)ccc45)c4ccc5ccccc5c4n3)c2)cc1. The summed E-state index contributed by atoms with van der Waals surface area (Å²) in [7, 11) is 0. The van der Waals surface area contributed by atoms with E-state index in [0.717, 1.165) is 138 Å². The van der Waals surface area contributed by atoms with Gasteiger partial charge < -0.3 is 0 Å². The molecule has 16 aromatic carbocycles. The first-order chi connectivity index (χ1) is 50.5. The van der Waals surface area contributed by atoms with Crippen molar-refractivity contribution in [1.82, 2.24) is 19.9 Å². The smallest absolute Gasteiger partial charge is 0.160 e. The minimum absolute atomic E-state index is 0.678. The van der Waals surface area contributed by atoms with E-state index in [-0.39, 0.29) is 0 Å². The monoisotopic (exact) mass is 1330 g/mol. The zero-order valence-corrected chi connectivity index (χ0v) is 56.7. The summed E-state index contributed by atoms with van der Waals surface area (Å²) in [5.41, 5.74) is 23.8. The fourth-order valence-electron chi connectivity index (χ4n) is 15.1. The van der Waals surface area contributed by atoms with Gasteiger partial charge in [0.2, 0.25) is 0 Å². The van der Waals surface area contributed by atoms with Gasteiger partial charge in [-0.25, -0.2) is 19.9 Å². The van der Waals surface area contributed by atoms with Crippen LogP contribution in [0.3, 0.4) is 0 Å². The molecule has 0 unspecified atom stereocenters. The Bertz CT molecular complexity index is 6610.